The van der Waals surface area contributed by atoms with Gasteiger partial charge in [-0.25, -0.2) is 0 Å². The van der Waals surface area contributed by atoms with Crippen molar-refractivity contribution in [3.05, 3.63) is 35.9 Å². The molecule has 0 atom stereocenters. The summed E-state index contributed by atoms with van der Waals surface area (Å²) >= 11 is 0. The van der Waals surface area contributed by atoms with Crippen LogP contribution in [0.15, 0.2) is 30.3 Å². The SMILES string of the molecule is CC(=O)OCC(=O)N1CCC(COCc2ccccc2)CC1. The van der Waals surface area contributed by atoms with Gasteiger partial charge in [0.15, 0.2) is 6.61 Å². The first-order chi connectivity index (χ1) is 10.6. The Balaban J connectivity index is 1.62. The van der Waals surface area contributed by atoms with Gasteiger partial charge in [-0.2, -0.15) is 0 Å². The maximum Gasteiger partial charge on any atom is 0.303 e. The Hall–Kier alpha value is -1.88. The van der Waals surface area contributed by atoms with Gasteiger partial charge in [-0.3, -0.25) is 9.59 Å². The fraction of sp³-hybridized carbons (Fsp3) is 0.529. The van der Waals surface area contributed by atoms with Gasteiger partial charge in [0.25, 0.3) is 5.91 Å². The van der Waals surface area contributed by atoms with Gasteiger partial charge in [-0.05, 0) is 24.3 Å². The molecule has 120 valence electrons. The van der Waals surface area contributed by atoms with Gasteiger partial charge < -0.3 is 14.4 Å². The van der Waals surface area contributed by atoms with Crippen molar-refractivity contribution in [2.45, 2.75) is 26.4 Å². The highest BCUT2D eigenvalue weighted by molar-refractivity contribution is 5.80. The standard InChI is InChI=1S/C17H23NO4/c1-14(19)22-13-17(20)18-9-7-16(8-10-18)12-21-11-15-5-3-2-4-6-15/h2-6,16H,7-13H2,1H3. The van der Waals surface area contributed by atoms with Crippen LogP contribution in [0.2, 0.25) is 0 Å². The van der Waals surface area contributed by atoms with Crippen molar-refractivity contribution >= 4 is 11.9 Å². The van der Waals surface area contributed by atoms with Crippen LogP contribution in [0, 0.1) is 5.92 Å². The van der Waals surface area contributed by atoms with Gasteiger partial charge in [0.1, 0.15) is 0 Å². The molecule has 1 aliphatic heterocycles. The summed E-state index contributed by atoms with van der Waals surface area (Å²) in [5.41, 5.74) is 1.18. The molecule has 0 bridgehead atoms. The van der Waals surface area contributed by atoms with E-state index >= 15 is 0 Å². The van der Waals surface area contributed by atoms with E-state index in [-0.39, 0.29) is 12.5 Å². The van der Waals surface area contributed by atoms with Crippen molar-refractivity contribution in [1.29, 1.82) is 0 Å². The molecular weight excluding hydrogens is 282 g/mol. The van der Waals surface area contributed by atoms with E-state index in [1.165, 1.54) is 12.5 Å². The Morgan fingerprint density at radius 2 is 1.86 bits per heavy atom. The number of esters is 1. The van der Waals surface area contributed by atoms with Crippen molar-refractivity contribution < 1.29 is 19.1 Å². The molecule has 5 heteroatoms. The van der Waals surface area contributed by atoms with Crippen molar-refractivity contribution in [1.82, 2.24) is 4.90 Å². The minimum atomic E-state index is -0.419. The highest BCUT2D eigenvalue weighted by Crippen LogP contribution is 2.18. The van der Waals surface area contributed by atoms with Gasteiger partial charge in [0.05, 0.1) is 6.61 Å². The fourth-order valence-corrected chi connectivity index (χ4v) is 2.52. The molecule has 1 heterocycles. The first-order valence-electron chi connectivity index (χ1n) is 7.68. The fourth-order valence-electron chi connectivity index (χ4n) is 2.52. The molecule has 1 amide bonds. The summed E-state index contributed by atoms with van der Waals surface area (Å²) in [4.78, 5) is 24.3. The topological polar surface area (TPSA) is 55.8 Å². The first-order valence-corrected chi connectivity index (χ1v) is 7.68. The number of carbonyl (C=O) groups excluding carboxylic acids is 2. The second-order valence-electron chi connectivity index (χ2n) is 5.61. The van der Waals surface area contributed by atoms with Gasteiger partial charge in [-0.1, -0.05) is 30.3 Å². The summed E-state index contributed by atoms with van der Waals surface area (Å²) in [6.45, 7) is 3.93. The number of benzene rings is 1. The van der Waals surface area contributed by atoms with Crippen LogP contribution in [0.4, 0.5) is 0 Å². The molecule has 1 aromatic rings. The van der Waals surface area contributed by atoms with Crippen LogP contribution in [0.25, 0.3) is 0 Å². The van der Waals surface area contributed by atoms with Crippen LogP contribution in [-0.2, 0) is 25.7 Å². The summed E-state index contributed by atoms with van der Waals surface area (Å²) in [7, 11) is 0. The number of hydrogen-bond donors (Lipinski definition) is 0. The van der Waals surface area contributed by atoms with Crippen LogP contribution in [0.3, 0.4) is 0 Å². The zero-order chi connectivity index (χ0) is 15.8. The molecule has 0 radical (unpaired) electrons. The highest BCUT2D eigenvalue weighted by Gasteiger charge is 2.23. The molecule has 0 saturated carbocycles. The number of likely N-dealkylation sites (tertiary alicyclic amines) is 1. The second kappa shape index (κ2) is 8.54. The van der Waals surface area contributed by atoms with Crippen LogP contribution in [0.5, 0.6) is 0 Å². The molecule has 0 N–H and O–H groups in total. The predicted octanol–water partition coefficient (Wildman–Crippen LogP) is 2.00. The number of carbonyl (C=O) groups is 2. The molecule has 1 aliphatic rings. The van der Waals surface area contributed by atoms with E-state index in [1.54, 1.807) is 4.90 Å². The molecule has 0 spiro atoms. The normalized spacial score (nSPS) is 15.6. The van der Waals surface area contributed by atoms with Gasteiger partial charge >= 0.3 is 5.97 Å². The maximum absolute atomic E-state index is 11.8. The van der Waals surface area contributed by atoms with Crippen molar-refractivity contribution in [2.24, 2.45) is 5.92 Å². The number of amides is 1. The smallest absolute Gasteiger partial charge is 0.303 e. The number of ether oxygens (including phenoxy) is 2. The Labute approximate surface area is 131 Å². The lowest BCUT2D eigenvalue weighted by molar-refractivity contribution is -0.151. The number of rotatable bonds is 6. The zero-order valence-corrected chi connectivity index (χ0v) is 13.0. The van der Waals surface area contributed by atoms with E-state index in [0.29, 0.717) is 25.6 Å². The van der Waals surface area contributed by atoms with E-state index < -0.39 is 5.97 Å². The van der Waals surface area contributed by atoms with E-state index in [9.17, 15) is 9.59 Å². The number of hydrogen-bond acceptors (Lipinski definition) is 4. The van der Waals surface area contributed by atoms with Crippen LogP contribution >= 0.6 is 0 Å². The Bertz CT molecular complexity index is 481. The molecule has 1 aromatic carbocycles. The average Bonchev–Trinajstić information content (AvgIpc) is 2.54. The summed E-state index contributed by atoms with van der Waals surface area (Å²) in [6.07, 6.45) is 1.86. The number of piperidine rings is 1. The molecule has 5 nitrogen and oxygen atoms in total. The maximum atomic E-state index is 11.8. The average molecular weight is 305 g/mol. The molecule has 0 unspecified atom stereocenters. The van der Waals surface area contributed by atoms with Crippen molar-refractivity contribution in [2.75, 3.05) is 26.3 Å². The molecule has 2 rings (SSSR count). The summed E-state index contributed by atoms with van der Waals surface area (Å²) < 4.78 is 10.5. The molecule has 1 saturated heterocycles. The third kappa shape index (κ3) is 5.48. The van der Waals surface area contributed by atoms with E-state index in [1.807, 2.05) is 18.2 Å². The lowest BCUT2D eigenvalue weighted by atomic mass is 9.98. The van der Waals surface area contributed by atoms with Crippen molar-refractivity contribution in [3.8, 4) is 0 Å². The zero-order valence-electron chi connectivity index (χ0n) is 13.0. The molecule has 0 aliphatic carbocycles. The predicted molar refractivity (Wildman–Crippen MR) is 82.0 cm³/mol. The second-order valence-corrected chi connectivity index (χ2v) is 5.61. The Morgan fingerprint density at radius 1 is 1.18 bits per heavy atom. The molecule has 1 fully saturated rings. The molecule has 0 aromatic heterocycles. The molecular formula is C17H23NO4. The van der Waals surface area contributed by atoms with E-state index in [2.05, 4.69) is 12.1 Å². The van der Waals surface area contributed by atoms with Gasteiger partial charge in [0, 0.05) is 26.6 Å². The number of nitrogens with zero attached hydrogens (tertiary/aromatic N) is 1. The van der Waals surface area contributed by atoms with Gasteiger partial charge in [-0.15, -0.1) is 0 Å². The quantitative estimate of drug-likeness (QED) is 0.754. The Kier molecular flexibility index (Phi) is 6.40. The van der Waals surface area contributed by atoms with Crippen LogP contribution < -0.4 is 0 Å². The summed E-state index contributed by atoms with van der Waals surface area (Å²) in [6, 6.07) is 10.1. The van der Waals surface area contributed by atoms with Gasteiger partial charge in [0.2, 0.25) is 0 Å². The largest absolute Gasteiger partial charge is 0.456 e. The lowest BCUT2D eigenvalue weighted by Gasteiger charge is -2.31. The minimum absolute atomic E-state index is 0.112. The lowest BCUT2D eigenvalue weighted by Crippen LogP contribution is -2.41. The van der Waals surface area contributed by atoms with Crippen molar-refractivity contribution in [3.63, 3.8) is 0 Å². The van der Waals surface area contributed by atoms with Crippen LogP contribution in [-0.4, -0.2) is 43.1 Å². The van der Waals surface area contributed by atoms with E-state index in [0.717, 1.165) is 19.4 Å². The first kappa shape index (κ1) is 16.5. The highest BCUT2D eigenvalue weighted by atomic mass is 16.5. The third-order valence-corrected chi connectivity index (χ3v) is 3.83. The summed E-state index contributed by atoms with van der Waals surface area (Å²) in [5.74, 6) is -0.0436. The third-order valence-electron chi connectivity index (χ3n) is 3.83. The monoisotopic (exact) mass is 305 g/mol. The Morgan fingerprint density at radius 3 is 2.50 bits per heavy atom. The summed E-state index contributed by atoms with van der Waals surface area (Å²) in [5, 5.41) is 0. The minimum Gasteiger partial charge on any atom is -0.456 e. The van der Waals surface area contributed by atoms with Crippen LogP contribution in [0.1, 0.15) is 25.3 Å². The van der Waals surface area contributed by atoms with E-state index in [4.69, 9.17) is 9.47 Å². The molecule has 22 heavy (non-hydrogen) atoms.